The summed E-state index contributed by atoms with van der Waals surface area (Å²) in [6.45, 7) is 5.30. The van der Waals surface area contributed by atoms with Crippen molar-refractivity contribution >= 4 is 17.4 Å². The quantitative estimate of drug-likeness (QED) is 0.692. The summed E-state index contributed by atoms with van der Waals surface area (Å²) in [7, 11) is 0. The zero-order valence-corrected chi connectivity index (χ0v) is 14.6. The molecule has 3 rings (SSSR count). The maximum atomic E-state index is 6.20. The maximum Gasteiger partial charge on any atom is 0.138 e. The van der Waals surface area contributed by atoms with Gasteiger partial charge < -0.3 is 5.32 Å². The van der Waals surface area contributed by atoms with Crippen LogP contribution in [0, 0.1) is 6.92 Å². The average molecular weight is 342 g/mol. The molecule has 5 nitrogen and oxygen atoms in total. The number of hydrogen-bond donors (Lipinski definition) is 1. The van der Waals surface area contributed by atoms with Gasteiger partial charge in [-0.25, -0.2) is 9.97 Å². The van der Waals surface area contributed by atoms with Gasteiger partial charge >= 0.3 is 0 Å². The standard InChI is InChI=1S/C18H20ClN5/c1-3-16-17(19)22-13(2)23-18(16)20-9-15-10-21-24(12-15)11-14-7-5-4-6-8-14/h4-8,10,12H,3,9,11H2,1-2H3,(H,20,22,23). The summed E-state index contributed by atoms with van der Waals surface area (Å²) >= 11 is 6.20. The first kappa shape index (κ1) is 16.5. The fourth-order valence-electron chi connectivity index (χ4n) is 2.56. The van der Waals surface area contributed by atoms with Crippen molar-refractivity contribution in [2.45, 2.75) is 33.4 Å². The lowest BCUT2D eigenvalue weighted by atomic mass is 10.2. The topological polar surface area (TPSA) is 55.6 Å². The molecule has 0 radical (unpaired) electrons. The second kappa shape index (κ2) is 7.45. The molecule has 2 aromatic heterocycles. The third kappa shape index (κ3) is 3.92. The molecule has 0 fully saturated rings. The SMILES string of the molecule is CCc1c(Cl)nc(C)nc1NCc1cnn(Cc2ccccc2)c1. The molecule has 124 valence electrons. The van der Waals surface area contributed by atoms with Gasteiger partial charge in [0.05, 0.1) is 12.7 Å². The average Bonchev–Trinajstić information content (AvgIpc) is 3.01. The normalized spacial score (nSPS) is 10.8. The smallest absolute Gasteiger partial charge is 0.138 e. The van der Waals surface area contributed by atoms with Crippen molar-refractivity contribution < 1.29 is 0 Å². The molecule has 1 aromatic carbocycles. The number of nitrogens with zero attached hydrogens (tertiary/aromatic N) is 4. The highest BCUT2D eigenvalue weighted by Crippen LogP contribution is 2.22. The summed E-state index contributed by atoms with van der Waals surface area (Å²) in [6.07, 6.45) is 4.70. The fourth-order valence-corrected chi connectivity index (χ4v) is 2.91. The molecule has 1 N–H and O–H groups in total. The van der Waals surface area contributed by atoms with Gasteiger partial charge in [0.2, 0.25) is 0 Å². The summed E-state index contributed by atoms with van der Waals surface area (Å²) < 4.78 is 1.94. The summed E-state index contributed by atoms with van der Waals surface area (Å²) in [5.74, 6) is 1.46. The molecular formula is C18H20ClN5. The van der Waals surface area contributed by atoms with Crippen LogP contribution in [0.1, 0.15) is 29.4 Å². The molecule has 0 saturated heterocycles. The van der Waals surface area contributed by atoms with Gasteiger partial charge in [0.1, 0.15) is 16.8 Å². The van der Waals surface area contributed by atoms with E-state index in [2.05, 4.69) is 32.5 Å². The Bertz CT molecular complexity index is 814. The van der Waals surface area contributed by atoms with E-state index in [1.807, 2.05) is 49.1 Å². The van der Waals surface area contributed by atoms with Gasteiger partial charge in [-0.15, -0.1) is 0 Å². The van der Waals surface area contributed by atoms with E-state index in [4.69, 9.17) is 11.6 Å². The van der Waals surface area contributed by atoms with Crippen molar-refractivity contribution in [3.8, 4) is 0 Å². The molecule has 24 heavy (non-hydrogen) atoms. The summed E-state index contributed by atoms with van der Waals surface area (Å²) in [6, 6.07) is 10.3. The maximum absolute atomic E-state index is 6.20. The Balaban J connectivity index is 1.68. The minimum atomic E-state index is 0.521. The summed E-state index contributed by atoms with van der Waals surface area (Å²) in [4.78, 5) is 8.67. The molecule has 0 amide bonds. The Morgan fingerprint density at radius 3 is 2.67 bits per heavy atom. The lowest BCUT2D eigenvalue weighted by molar-refractivity contribution is 0.686. The first-order chi connectivity index (χ1) is 11.7. The lowest BCUT2D eigenvalue weighted by Crippen LogP contribution is -2.07. The molecule has 3 aromatic rings. The first-order valence-electron chi connectivity index (χ1n) is 7.98. The van der Waals surface area contributed by atoms with Crippen molar-refractivity contribution in [3.63, 3.8) is 0 Å². The number of aromatic nitrogens is 4. The number of benzene rings is 1. The van der Waals surface area contributed by atoms with E-state index >= 15 is 0 Å². The molecule has 0 atom stereocenters. The van der Waals surface area contributed by atoms with Gasteiger partial charge in [-0.05, 0) is 18.9 Å². The van der Waals surface area contributed by atoms with Crippen LogP contribution in [0.4, 0.5) is 5.82 Å². The molecule has 2 heterocycles. The Morgan fingerprint density at radius 2 is 1.92 bits per heavy atom. The van der Waals surface area contributed by atoms with Crippen LogP contribution < -0.4 is 5.32 Å². The predicted octanol–water partition coefficient (Wildman–Crippen LogP) is 3.86. The molecule has 0 unspecified atom stereocenters. The van der Waals surface area contributed by atoms with Crippen LogP contribution in [0.25, 0.3) is 0 Å². The van der Waals surface area contributed by atoms with E-state index in [0.29, 0.717) is 17.5 Å². The molecular weight excluding hydrogens is 322 g/mol. The molecule has 6 heteroatoms. The molecule has 0 bridgehead atoms. The zero-order valence-electron chi connectivity index (χ0n) is 13.8. The summed E-state index contributed by atoms with van der Waals surface area (Å²) in [5.41, 5.74) is 3.27. The highest BCUT2D eigenvalue weighted by atomic mass is 35.5. The number of hydrogen-bond acceptors (Lipinski definition) is 4. The molecule has 0 saturated carbocycles. The number of rotatable bonds is 6. The highest BCUT2D eigenvalue weighted by molar-refractivity contribution is 6.30. The van der Waals surface area contributed by atoms with Crippen LogP contribution in [-0.4, -0.2) is 19.7 Å². The molecule has 0 aliphatic rings. The zero-order chi connectivity index (χ0) is 16.9. The van der Waals surface area contributed by atoms with Crippen LogP contribution >= 0.6 is 11.6 Å². The largest absolute Gasteiger partial charge is 0.365 e. The number of aryl methyl sites for hydroxylation is 1. The van der Waals surface area contributed by atoms with E-state index < -0.39 is 0 Å². The van der Waals surface area contributed by atoms with E-state index in [-0.39, 0.29) is 0 Å². The fraction of sp³-hybridized carbons (Fsp3) is 0.278. The Morgan fingerprint density at radius 1 is 1.12 bits per heavy atom. The van der Waals surface area contributed by atoms with Crippen LogP contribution in [0.2, 0.25) is 5.15 Å². The Hall–Kier alpha value is -2.40. The monoisotopic (exact) mass is 341 g/mol. The number of halogens is 1. The minimum Gasteiger partial charge on any atom is -0.365 e. The van der Waals surface area contributed by atoms with Crippen LogP contribution in [0.3, 0.4) is 0 Å². The van der Waals surface area contributed by atoms with Gasteiger partial charge in [0.25, 0.3) is 0 Å². The highest BCUT2D eigenvalue weighted by Gasteiger charge is 2.10. The van der Waals surface area contributed by atoms with Gasteiger partial charge in [0, 0.05) is 23.9 Å². The van der Waals surface area contributed by atoms with E-state index in [1.165, 1.54) is 5.56 Å². The van der Waals surface area contributed by atoms with Crippen molar-refractivity contribution in [2.24, 2.45) is 0 Å². The van der Waals surface area contributed by atoms with Crippen molar-refractivity contribution in [1.29, 1.82) is 0 Å². The molecule has 0 aliphatic heterocycles. The minimum absolute atomic E-state index is 0.521. The van der Waals surface area contributed by atoms with Crippen molar-refractivity contribution in [2.75, 3.05) is 5.32 Å². The number of nitrogens with one attached hydrogen (secondary N) is 1. The van der Waals surface area contributed by atoms with E-state index in [1.54, 1.807) is 0 Å². The molecule has 0 spiro atoms. The van der Waals surface area contributed by atoms with Crippen LogP contribution in [0.5, 0.6) is 0 Å². The van der Waals surface area contributed by atoms with Crippen LogP contribution in [-0.2, 0) is 19.5 Å². The third-order valence-electron chi connectivity index (χ3n) is 3.76. The van der Waals surface area contributed by atoms with Crippen molar-refractivity contribution in [1.82, 2.24) is 19.7 Å². The van der Waals surface area contributed by atoms with Crippen molar-refractivity contribution in [3.05, 3.63) is 70.4 Å². The predicted molar refractivity (Wildman–Crippen MR) is 96.3 cm³/mol. The first-order valence-corrected chi connectivity index (χ1v) is 8.35. The van der Waals surface area contributed by atoms with Gasteiger partial charge in [-0.3, -0.25) is 4.68 Å². The van der Waals surface area contributed by atoms with E-state index in [9.17, 15) is 0 Å². The van der Waals surface area contributed by atoms with Gasteiger partial charge in [0.15, 0.2) is 0 Å². The Kier molecular flexibility index (Phi) is 5.11. The van der Waals surface area contributed by atoms with Crippen LogP contribution in [0.15, 0.2) is 42.7 Å². The van der Waals surface area contributed by atoms with Gasteiger partial charge in [-0.1, -0.05) is 48.9 Å². The Labute approximate surface area is 146 Å². The second-order valence-electron chi connectivity index (χ2n) is 5.63. The van der Waals surface area contributed by atoms with E-state index in [0.717, 1.165) is 29.9 Å². The third-order valence-corrected chi connectivity index (χ3v) is 4.07. The number of anilines is 1. The lowest BCUT2D eigenvalue weighted by Gasteiger charge is -2.11. The second-order valence-corrected chi connectivity index (χ2v) is 5.99. The molecule has 0 aliphatic carbocycles. The summed E-state index contributed by atoms with van der Waals surface area (Å²) in [5, 5.41) is 8.29. The van der Waals surface area contributed by atoms with Gasteiger partial charge in [-0.2, -0.15) is 5.10 Å².